The van der Waals surface area contributed by atoms with Crippen LogP contribution in [0.25, 0.3) is 0 Å². The average molecular weight is 262 g/mol. The minimum atomic E-state index is -0.0721. The van der Waals surface area contributed by atoms with E-state index in [1.54, 1.807) is 0 Å². The predicted molar refractivity (Wildman–Crippen MR) is 80.5 cm³/mol. The maximum absolute atomic E-state index is 4.37. The van der Waals surface area contributed by atoms with Crippen molar-refractivity contribution in [2.75, 3.05) is 6.54 Å². The van der Waals surface area contributed by atoms with Crippen molar-refractivity contribution in [3.05, 3.63) is 77.6 Å². The minimum absolute atomic E-state index is 0.0721. The van der Waals surface area contributed by atoms with E-state index in [2.05, 4.69) is 53.7 Å². The monoisotopic (exact) mass is 262 g/mol. The van der Waals surface area contributed by atoms with Gasteiger partial charge in [0.2, 0.25) is 0 Å². The third-order valence-corrected chi connectivity index (χ3v) is 4.97. The van der Waals surface area contributed by atoms with Crippen LogP contribution in [0.4, 0.5) is 0 Å². The van der Waals surface area contributed by atoms with Crippen molar-refractivity contribution in [2.24, 2.45) is 0 Å². The summed E-state index contributed by atoms with van der Waals surface area (Å²) in [6.45, 7) is 7.18. The van der Waals surface area contributed by atoms with Crippen LogP contribution < -0.4 is 0 Å². The number of hydrogen-bond acceptors (Lipinski definition) is 2. The quantitative estimate of drug-likeness (QED) is 0.771. The highest BCUT2D eigenvalue weighted by Crippen LogP contribution is 2.54. The fourth-order valence-electron chi connectivity index (χ4n) is 4.08. The molecule has 3 heterocycles. The summed E-state index contributed by atoms with van der Waals surface area (Å²) >= 11 is 0. The molecule has 2 unspecified atom stereocenters. The summed E-state index contributed by atoms with van der Waals surface area (Å²) < 4.78 is 0. The first kappa shape index (κ1) is 11.9. The van der Waals surface area contributed by atoms with Crippen LogP contribution in [0.15, 0.2) is 55.4 Å². The number of pyridine rings is 1. The molecule has 4 rings (SSSR count). The molecule has 1 aromatic carbocycles. The van der Waals surface area contributed by atoms with Crippen molar-refractivity contribution < 1.29 is 0 Å². The number of fused-ring (bicyclic) bond motifs is 7. The first-order valence-electron chi connectivity index (χ1n) is 7.17. The van der Waals surface area contributed by atoms with Crippen molar-refractivity contribution in [1.29, 1.82) is 0 Å². The minimum Gasteiger partial charge on any atom is -0.279 e. The summed E-state index contributed by atoms with van der Waals surface area (Å²) in [5, 5.41) is 0. The van der Waals surface area contributed by atoms with Gasteiger partial charge in [0.05, 0.1) is 5.54 Å². The molecule has 2 heteroatoms. The highest BCUT2D eigenvalue weighted by Gasteiger charge is 2.51. The van der Waals surface area contributed by atoms with Crippen LogP contribution in [0.1, 0.15) is 35.2 Å². The molecule has 0 amide bonds. The van der Waals surface area contributed by atoms with Crippen molar-refractivity contribution in [1.82, 2.24) is 9.88 Å². The standard InChI is InChI=1S/C18H18N2/c1-3-10-20-17-11-13-8-9-19-12-16(13)18(20,2)15-7-5-4-6-14(15)17/h3-9,12,17H,1,10-11H2,2H3. The number of rotatable bonds is 2. The Morgan fingerprint density at radius 1 is 1.35 bits per heavy atom. The van der Waals surface area contributed by atoms with E-state index in [0.29, 0.717) is 6.04 Å². The smallest absolute Gasteiger partial charge is 0.0715 e. The number of nitrogens with zero attached hydrogens (tertiary/aromatic N) is 2. The molecule has 0 N–H and O–H groups in total. The van der Waals surface area contributed by atoms with Gasteiger partial charge in [0.1, 0.15) is 0 Å². The lowest BCUT2D eigenvalue weighted by molar-refractivity contribution is 0.111. The second-order valence-electron chi connectivity index (χ2n) is 5.85. The Morgan fingerprint density at radius 3 is 3.05 bits per heavy atom. The molecule has 0 saturated carbocycles. The summed E-state index contributed by atoms with van der Waals surface area (Å²) in [4.78, 5) is 6.94. The van der Waals surface area contributed by atoms with Gasteiger partial charge in [-0.1, -0.05) is 30.3 Å². The van der Waals surface area contributed by atoms with Gasteiger partial charge in [0.25, 0.3) is 0 Å². The van der Waals surface area contributed by atoms with Gasteiger partial charge in [-0.25, -0.2) is 0 Å². The first-order chi connectivity index (χ1) is 9.76. The number of aromatic nitrogens is 1. The second kappa shape index (κ2) is 4.03. The maximum atomic E-state index is 4.37. The lowest BCUT2D eigenvalue weighted by Gasteiger charge is -2.43. The average Bonchev–Trinajstić information content (AvgIpc) is 2.65. The SMILES string of the molecule is C=CCN1C2Cc3ccncc3C1(C)c1ccccc12. The van der Waals surface area contributed by atoms with Crippen LogP contribution in [-0.4, -0.2) is 16.4 Å². The molecule has 2 aromatic rings. The fraction of sp³-hybridized carbons (Fsp3) is 0.278. The second-order valence-corrected chi connectivity index (χ2v) is 5.85. The van der Waals surface area contributed by atoms with E-state index in [4.69, 9.17) is 0 Å². The molecule has 2 bridgehead atoms. The third kappa shape index (κ3) is 1.30. The van der Waals surface area contributed by atoms with Gasteiger partial charge in [-0.3, -0.25) is 9.88 Å². The molecule has 0 fully saturated rings. The Labute approximate surface area is 119 Å². The topological polar surface area (TPSA) is 16.1 Å². The molecule has 20 heavy (non-hydrogen) atoms. The number of hydrogen-bond donors (Lipinski definition) is 0. The highest BCUT2D eigenvalue weighted by atomic mass is 15.3. The molecule has 0 radical (unpaired) electrons. The van der Waals surface area contributed by atoms with Gasteiger partial charge in [-0.05, 0) is 41.7 Å². The van der Waals surface area contributed by atoms with Gasteiger partial charge >= 0.3 is 0 Å². The Balaban J connectivity index is 2.02. The zero-order chi connectivity index (χ0) is 13.7. The van der Waals surface area contributed by atoms with E-state index in [9.17, 15) is 0 Å². The van der Waals surface area contributed by atoms with Gasteiger partial charge in [-0.2, -0.15) is 0 Å². The largest absolute Gasteiger partial charge is 0.279 e. The van der Waals surface area contributed by atoms with Crippen molar-refractivity contribution in [3.8, 4) is 0 Å². The molecule has 2 nitrogen and oxygen atoms in total. The highest BCUT2D eigenvalue weighted by molar-refractivity contribution is 5.53. The summed E-state index contributed by atoms with van der Waals surface area (Å²) in [5.41, 5.74) is 5.61. The van der Waals surface area contributed by atoms with Crippen LogP contribution in [0.5, 0.6) is 0 Å². The van der Waals surface area contributed by atoms with E-state index in [-0.39, 0.29) is 5.54 Å². The van der Waals surface area contributed by atoms with Gasteiger partial charge in [0, 0.05) is 25.0 Å². The predicted octanol–water partition coefficient (Wildman–Crippen LogP) is 3.44. The zero-order valence-corrected chi connectivity index (χ0v) is 11.7. The zero-order valence-electron chi connectivity index (χ0n) is 11.7. The van der Waals surface area contributed by atoms with Crippen LogP contribution >= 0.6 is 0 Å². The Bertz CT molecular complexity index is 678. The third-order valence-electron chi connectivity index (χ3n) is 4.97. The van der Waals surface area contributed by atoms with Crippen molar-refractivity contribution >= 4 is 0 Å². The van der Waals surface area contributed by atoms with E-state index < -0.39 is 0 Å². The molecule has 1 aromatic heterocycles. The number of benzene rings is 1. The maximum Gasteiger partial charge on any atom is 0.0715 e. The Morgan fingerprint density at radius 2 is 2.20 bits per heavy atom. The van der Waals surface area contributed by atoms with Crippen LogP contribution in [-0.2, 0) is 12.0 Å². The molecule has 0 spiro atoms. The first-order valence-corrected chi connectivity index (χ1v) is 7.17. The molecular formula is C18H18N2. The van der Waals surface area contributed by atoms with E-state index in [1.165, 1.54) is 22.3 Å². The van der Waals surface area contributed by atoms with Crippen LogP contribution in [0, 0.1) is 0 Å². The molecule has 2 aliphatic rings. The molecule has 0 saturated heterocycles. The lowest BCUT2D eigenvalue weighted by atomic mass is 9.82. The van der Waals surface area contributed by atoms with E-state index in [1.807, 2.05) is 18.5 Å². The van der Waals surface area contributed by atoms with Crippen LogP contribution in [0.3, 0.4) is 0 Å². The Kier molecular flexibility index (Phi) is 2.39. The summed E-state index contributed by atoms with van der Waals surface area (Å²) in [7, 11) is 0. The normalized spacial score (nSPS) is 26.9. The molecule has 2 atom stereocenters. The fourth-order valence-corrected chi connectivity index (χ4v) is 4.08. The van der Waals surface area contributed by atoms with Crippen LogP contribution in [0.2, 0.25) is 0 Å². The van der Waals surface area contributed by atoms with Gasteiger partial charge in [0.15, 0.2) is 0 Å². The lowest BCUT2D eigenvalue weighted by Crippen LogP contribution is -2.45. The molecular weight excluding hydrogens is 244 g/mol. The Hall–Kier alpha value is -1.93. The summed E-state index contributed by atoms with van der Waals surface area (Å²) in [6.07, 6.45) is 7.04. The molecule has 2 aliphatic heterocycles. The summed E-state index contributed by atoms with van der Waals surface area (Å²) in [5.74, 6) is 0. The van der Waals surface area contributed by atoms with Gasteiger partial charge < -0.3 is 0 Å². The molecule has 100 valence electrons. The van der Waals surface area contributed by atoms with E-state index in [0.717, 1.165) is 13.0 Å². The van der Waals surface area contributed by atoms with Gasteiger partial charge in [-0.15, -0.1) is 6.58 Å². The summed E-state index contributed by atoms with van der Waals surface area (Å²) in [6, 6.07) is 11.5. The molecule has 0 aliphatic carbocycles. The van der Waals surface area contributed by atoms with Crippen molar-refractivity contribution in [2.45, 2.75) is 24.9 Å². The van der Waals surface area contributed by atoms with Crippen molar-refractivity contribution in [3.63, 3.8) is 0 Å². The van der Waals surface area contributed by atoms with E-state index >= 15 is 0 Å².